The molecule has 1 saturated carbocycles. The minimum Gasteiger partial charge on any atom is -0.261 e. The third-order valence-electron chi connectivity index (χ3n) is 6.89. The number of nitrogens with zero attached hydrogens (tertiary/aromatic N) is 4. The normalized spacial score (nSPS) is 21.2. The lowest BCUT2D eigenvalue weighted by Crippen LogP contribution is -2.43. The Hall–Kier alpha value is -3.40. The molecule has 2 aliphatic carbocycles. The van der Waals surface area contributed by atoms with Crippen molar-refractivity contribution in [3.63, 3.8) is 0 Å². The van der Waals surface area contributed by atoms with Crippen LogP contribution in [0, 0.1) is 0 Å². The maximum atomic E-state index is 4.98. The molecule has 2 atom stereocenters. The fourth-order valence-corrected chi connectivity index (χ4v) is 5.87. The molecule has 6 rings (SSSR count). The summed E-state index contributed by atoms with van der Waals surface area (Å²) in [6, 6.07) is 21.2. The molecule has 0 amide bonds. The van der Waals surface area contributed by atoms with Gasteiger partial charge in [-0.3, -0.25) is 19.9 Å². The van der Waals surface area contributed by atoms with Gasteiger partial charge in [0.15, 0.2) is 0 Å². The summed E-state index contributed by atoms with van der Waals surface area (Å²) in [6.45, 7) is 0. The van der Waals surface area contributed by atoms with Gasteiger partial charge in [-0.05, 0) is 42.7 Å². The maximum Gasteiger partial charge on any atom is 0.0930 e. The summed E-state index contributed by atoms with van der Waals surface area (Å²) in [7, 11) is 0. The molecule has 0 unspecified atom stereocenters. The van der Waals surface area contributed by atoms with Gasteiger partial charge in [-0.2, -0.15) is 0 Å². The number of pyridine rings is 2. The van der Waals surface area contributed by atoms with Crippen molar-refractivity contribution in [1.82, 2.24) is 19.9 Å². The van der Waals surface area contributed by atoms with Gasteiger partial charge in [-0.15, -0.1) is 0 Å². The van der Waals surface area contributed by atoms with Crippen LogP contribution in [-0.4, -0.2) is 19.9 Å². The summed E-state index contributed by atoms with van der Waals surface area (Å²) < 4.78 is 0. The summed E-state index contributed by atoms with van der Waals surface area (Å²) in [5.41, 5.74) is 6.55. The first-order chi connectivity index (χ1) is 14.9. The molecule has 1 aromatic carbocycles. The molecule has 146 valence electrons. The van der Waals surface area contributed by atoms with E-state index in [9.17, 15) is 0 Å². The second-order valence-corrected chi connectivity index (χ2v) is 8.21. The molecular formula is C26H22N4. The fraction of sp³-hybridized carbons (Fsp3) is 0.231. The molecule has 30 heavy (non-hydrogen) atoms. The standard InChI is InChI=1S/C26H22N4/c1-2-9-19-18(8-1)24-25(30-17-16-29-24)26(19)20(22-12-3-5-14-27-22)10-7-11-21(26)23-13-4-6-15-28-23/h1-6,8-9,12-17,20-21H,7,10-11H2/t20-,21-/m0/s1. The van der Waals surface area contributed by atoms with Gasteiger partial charge in [0.2, 0.25) is 0 Å². The molecule has 0 radical (unpaired) electrons. The fourth-order valence-electron chi connectivity index (χ4n) is 5.87. The highest BCUT2D eigenvalue weighted by Crippen LogP contribution is 2.64. The highest BCUT2D eigenvalue weighted by molar-refractivity contribution is 5.78. The average Bonchev–Trinajstić information content (AvgIpc) is 3.12. The van der Waals surface area contributed by atoms with Gasteiger partial charge < -0.3 is 0 Å². The highest BCUT2D eigenvalue weighted by atomic mass is 14.9. The number of hydrogen-bond acceptors (Lipinski definition) is 4. The largest absolute Gasteiger partial charge is 0.261 e. The van der Waals surface area contributed by atoms with Gasteiger partial charge in [-0.25, -0.2) is 0 Å². The quantitative estimate of drug-likeness (QED) is 0.467. The van der Waals surface area contributed by atoms with Crippen molar-refractivity contribution in [3.05, 3.63) is 108 Å². The number of hydrogen-bond donors (Lipinski definition) is 0. The lowest BCUT2D eigenvalue weighted by atomic mass is 9.55. The second-order valence-electron chi connectivity index (χ2n) is 8.21. The van der Waals surface area contributed by atoms with Crippen molar-refractivity contribution in [2.45, 2.75) is 36.5 Å². The molecule has 0 aliphatic heterocycles. The van der Waals surface area contributed by atoms with Crippen molar-refractivity contribution in [2.24, 2.45) is 0 Å². The first-order valence-electron chi connectivity index (χ1n) is 10.6. The molecule has 4 aromatic rings. The zero-order valence-corrected chi connectivity index (χ0v) is 16.6. The van der Waals surface area contributed by atoms with Crippen LogP contribution in [0.15, 0.2) is 85.5 Å². The van der Waals surface area contributed by atoms with E-state index >= 15 is 0 Å². The molecule has 0 saturated heterocycles. The molecule has 2 aliphatic rings. The molecule has 1 spiro atoms. The van der Waals surface area contributed by atoms with Gasteiger partial charge in [0.05, 0.1) is 16.8 Å². The SMILES string of the molecule is c1ccc([C@@H]2CCC[C@@H](c3ccccn3)C23c2ccccc2-c2nccnc23)nc1. The van der Waals surface area contributed by atoms with E-state index in [0.29, 0.717) is 0 Å². The number of benzene rings is 1. The van der Waals surface area contributed by atoms with Crippen LogP contribution in [0.2, 0.25) is 0 Å². The Labute approximate surface area is 176 Å². The van der Waals surface area contributed by atoms with Crippen LogP contribution in [0.4, 0.5) is 0 Å². The van der Waals surface area contributed by atoms with E-state index in [1.165, 1.54) is 11.1 Å². The lowest BCUT2D eigenvalue weighted by Gasteiger charge is -2.47. The minimum absolute atomic E-state index is 0.221. The Morgan fingerprint density at radius 1 is 0.633 bits per heavy atom. The van der Waals surface area contributed by atoms with Crippen LogP contribution in [0.1, 0.15) is 53.7 Å². The monoisotopic (exact) mass is 390 g/mol. The summed E-state index contributed by atoms with van der Waals surface area (Å²) in [6.07, 6.45) is 10.8. The van der Waals surface area contributed by atoms with E-state index in [2.05, 4.69) is 48.5 Å². The third kappa shape index (κ3) is 2.34. The molecule has 3 heterocycles. The van der Waals surface area contributed by atoms with E-state index in [1.54, 1.807) is 0 Å². The summed E-state index contributed by atoms with van der Waals surface area (Å²) in [5, 5.41) is 0. The van der Waals surface area contributed by atoms with Gasteiger partial charge in [0, 0.05) is 53.6 Å². The molecule has 0 N–H and O–H groups in total. The zero-order chi connectivity index (χ0) is 20.0. The smallest absolute Gasteiger partial charge is 0.0930 e. The van der Waals surface area contributed by atoms with E-state index < -0.39 is 0 Å². The van der Waals surface area contributed by atoms with Crippen molar-refractivity contribution >= 4 is 0 Å². The zero-order valence-electron chi connectivity index (χ0n) is 16.6. The maximum absolute atomic E-state index is 4.98. The van der Waals surface area contributed by atoms with Gasteiger partial charge in [0.25, 0.3) is 0 Å². The molecule has 3 aromatic heterocycles. The van der Waals surface area contributed by atoms with E-state index in [1.807, 2.05) is 36.9 Å². The van der Waals surface area contributed by atoms with Crippen molar-refractivity contribution in [3.8, 4) is 11.3 Å². The topological polar surface area (TPSA) is 51.6 Å². The van der Waals surface area contributed by atoms with Crippen LogP contribution in [-0.2, 0) is 5.41 Å². The second kappa shape index (κ2) is 6.84. The predicted octanol–water partition coefficient (Wildman–Crippen LogP) is 5.28. The number of aromatic nitrogens is 4. The first kappa shape index (κ1) is 17.5. The van der Waals surface area contributed by atoms with Crippen LogP contribution in [0.5, 0.6) is 0 Å². The first-order valence-corrected chi connectivity index (χ1v) is 10.6. The van der Waals surface area contributed by atoms with E-state index in [4.69, 9.17) is 19.9 Å². The number of rotatable bonds is 2. The Morgan fingerprint density at radius 2 is 1.27 bits per heavy atom. The average molecular weight is 390 g/mol. The highest BCUT2D eigenvalue weighted by Gasteiger charge is 2.58. The Kier molecular flexibility index (Phi) is 3.98. The summed E-state index contributed by atoms with van der Waals surface area (Å²) in [4.78, 5) is 19.4. The van der Waals surface area contributed by atoms with Crippen LogP contribution < -0.4 is 0 Å². The van der Waals surface area contributed by atoms with Gasteiger partial charge in [0.1, 0.15) is 0 Å². The molecule has 0 bridgehead atoms. The predicted molar refractivity (Wildman–Crippen MR) is 116 cm³/mol. The van der Waals surface area contributed by atoms with E-state index in [0.717, 1.165) is 42.0 Å². The molecule has 4 heteroatoms. The summed E-state index contributed by atoms with van der Waals surface area (Å²) in [5.74, 6) is 0.442. The van der Waals surface area contributed by atoms with Gasteiger partial charge >= 0.3 is 0 Å². The summed E-state index contributed by atoms with van der Waals surface area (Å²) >= 11 is 0. The minimum atomic E-state index is -0.318. The van der Waals surface area contributed by atoms with Crippen LogP contribution in [0.25, 0.3) is 11.3 Å². The third-order valence-corrected chi connectivity index (χ3v) is 6.89. The van der Waals surface area contributed by atoms with Gasteiger partial charge in [-0.1, -0.05) is 42.8 Å². The number of fused-ring (bicyclic) bond motifs is 5. The lowest BCUT2D eigenvalue weighted by molar-refractivity contribution is 0.244. The van der Waals surface area contributed by atoms with Crippen LogP contribution >= 0.6 is 0 Å². The Bertz CT molecular complexity index is 1090. The van der Waals surface area contributed by atoms with E-state index in [-0.39, 0.29) is 17.3 Å². The molecule has 1 fully saturated rings. The Morgan fingerprint density at radius 3 is 1.93 bits per heavy atom. The molecule has 4 nitrogen and oxygen atoms in total. The Balaban J connectivity index is 1.71. The van der Waals surface area contributed by atoms with Crippen molar-refractivity contribution < 1.29 is 0 Å². The molecular weight excluding hydrogens is 368 g/mol. The van der Waals surface area contributed by atoms with Crippen molar-refractivity contribution in [1.29, 1.82) is 0 Å². The van der Waals surface area contributed by atoms with Crippen LogP contribution in [0.3, 0.4) is 0 Å². The van der Waals surface area contributed by atoms with Crippen molar-refractivity contribution in [2.75, 3.05) is 0 Å².